The van der Waals surface area contributed by atoms with Gasteiger partial charge in [0, 0.05) is 19.6 Å². The molecule has 0 spiro atoms. The molecule has 2 aromatic rings. The maximum atomic E-state index is 13.0. The van der Waals surface area contributed by atoms with Gasteiger partial charge in [-0.3, -0.25) is 4.31 Å². The standard InChI is InChI=1S/C17H20N2O3S/c1-2-22-15-7-9-16(10-8-15)23(20,21)19-12-11-18-13-14-5-3-4-6-17(14)19/h3-10,18H,2,11-13H2,1H3. The van der Waals surface area contributed by atoms with Gasteiger partial charge >= 0.3 is 0 Å². The van der Waals surface area contributed by atoms with Crippen LogP contribution in [-0.4, -0.2) is 28.1 Å². The molecule has 1 N–H and O–H groups in total. The molecular weight excluding hydrogens is 312 g/mol. The summed E-state index contributed by atoms with van der Waals surface area (Å²) in [6, 6.07) is 14.2. The smallest absolute Gasteiger partial charge is 0.264 e. The van der Waals surface area contributed by atoms with Gasteiger partial charge in [0.2, 0.25) is 0 Å². The highest BCUT2D eigenvalue weighted by atomic mass is 32.2. The van der Waals surface area contributed by atoms with Gasteiger partial charge in [-0.05, 0) is 42.8 Å². The topological polar surface area (TPSA) is 58.6 Å². The average Bonchev–Trinajstić information content (AvgIpc) is 2.78. The van der Waals surface area contributed by atoms with Crippen LogP contribution < -0.4 is 14.4 Å². The zero-order valence-corrected chi connectivity index (χ0v) is 13.8. The van der Waals surface area contributed by atoms with Crippen LogP contribution in [0, 0.1) is 0 Å². The van der Waals surface area contributed by atoms with E-state index in [1.54, 1.807) is 24.3 Å². The van der Waals surface area contributed by atoms with Crippen LogP contribution in [0.5, 0.6) is 5.75 Å². The zero-order chi connectivity index (χ0) is 16.3. The molecule has 0 saturated heterocycles. The molecule has 0 radical (unpaired) electrons. The fourth-order valence-corrected chi connectivity index (χ4v) is 4.18. The summed E-state index contributed by atoms with van der Waals surface area (Å²) in [6.45, 7) is 4.14. The first kappa shape index (κ1) is 15.8. The van der Waals surface area contributed by atoms with Crippen molar-refractivity contribution in [3.63, 3.8) is 0 Å². The van der Waals surface area contributed by atoms with Crippen LogP contribution in [0.3, 0.4) is 0 Å². The summed E-state index contributed by atoms with van der Waals surface area (Å²) < 4.78 is 32.9. The van der Waals surface area contributed by atoms with Crippen molar-refractivity contribution in [3.05, 3.63) is 54.1 Å². The monoisotopic (exact) mass is 332 g/mol. The van der Waals surface area contributed by atoms with E-state index in [-0.39, 0.29) is 4.90 Å². The minimum Gasteiger partial charge on any atom is -0.494 e. The van der Waals surface area contributed by atoms with Crippen LogP contribution in [0.4, 0.5) is 5.69 Å². The Morgan fingerprint density at radius 3 is 2.61 bits per heavy atom. The van der Waals surface area contributed by atoms with Crippen LogP contribution in [0.1, 0.15) is 12.5 Å². The second-order valence-corrected chi connectivity index (χ2v) is 7.15. The molecule has 23 heavy (non-hydrogen) atoms. The summed E-state index contributed by atoms with van der Waals surface area (Å²) in [4.78, 5) is 0.276. The predicted octanol–water partition coefficient (Wildman–Crippen LogP) is 2.38. The van der Waals surface area contributed by atoms with Crippen LogP contribution in [0.15, 0.2) is 53.4 Å². The number of fused-ring (bicyclic) bond motifs is 1. The molecular formula is C17H20N2O3S. The largest absolute Gasteiger partial charge is 0.494 e. The van der Waals surface area contributed by atoms with E-state index >= 15 is 0 Å². The Labute approximate surface area is 136 Å². The fraction of sp³-hybridized carbons (Fsp3) is 0.294. The molecule has 122 valence electrons. The lowest BCUT2D eigenvalue weighted by Crippen LogP contribution is -2.34. The first-order valence-corrected chi connectivity index (χ1v) is 9.11. The summed E-state index contributed by atoms with van der Waals surface area (Å²) >= 11 is 0. The number of ether oxygens (including phenoxy) is 1. The van der Waals surface area contributed by atoms with E-state index in [1.807, 2.05) is 31.2 Å². The highest BCUT2D eigenvalue weighted by molar-refractivity contribution is 7.92. The van der Waals surface area contributed by atoms with Crippen LogP contribution in [0.25, 0.3) is 0 Å². The summed E-state index contributed by atoms with van der Waals surface area (Å²) in [6.07, 6.45) is 0. The SMILES string of the molecule is CCOc1ccc(S(=O)(=O)N2CCNCc3ccccc32)cc1. The summed E-state index contributed by atoms with van der Waals surface area (Å²) in [5, 5.41) is 3.26. The van der Waals surface area contributed by atoms with E-state index in [9.17, 15) is 8.42 Å². The van der Waals surface area contributed by atoms with Crippen LogP contribution >= 0.6 is 0 Å². The maximum Gasteiger partial charge on any atom is 0.264 e. The molecule has 0 aromatic heterocycles. The molecule has 0 bridgehead atoms. The number of nitrogens with one attached hydrogen (secondary N) is 1. The third-order valence-electron chi connectivity index (χ3n) is 3.79. The molecule has 0 saturated carbocycles. The van der Waals surface area contributed by atoms with Gasteiger partial charge in [0.25, 0.3) is 10.0 Å². The molecule has 1 aliphatic rings. The lowest BCUT2D eigenvalue weighted by Gasteiger charge is -2.24. The minimum atomic E-state index is -3.59. The number of sulfonamides is 1. The quantitative estimate of drug-likeness (QED) is 0.934. The van der Waals surface area contributed by atoms with Crippen molar-refractivity contribution in [2.24, 2.45) is 0 Å². The van der Waals surface area contributed by atoms with Crippen molar-refractivity contribution in [1.29, 1.82) is 0 Å². The number of rotatable bonds is 4. The fourth-order valence-electron chi connectivity index (χ4n) is 2.68. The van der Waals surface area contributed by atoms with Crippen molar-refractivity contribution in [2.45, 2.75) is 18.4 Å². The van der Waals surface area contributed by atoms with Crippen molar-refractivity contribution in [1.82, 2.24) is 5.32 Å². The molecule has 0 fully saturated rings. The second-order valence-electron chi connectivity index (χ2n) is 5.29. The van der Waals surface area contributed by atoms with Gasteiger partial charge in [-0.25, -0.2) is 8.42 Å². The van der Waals surface area contributed by atoms with Crippen LogP contribution in [-0.2, 0) is 16.6 Å². The van der Waals surface area contributed by atoms with Gasteiger partial charge in [-0.2, -0.15) is 0 Å². The Morgan fingerprint density at radius 1 is 1.13 bits per heavy atom. The predicted molar refractivity (Wildman–Crippen MR) is 90.3 cm³/mol. The Kier molecular flexibility index (Phi) is 4.54. The summed E-state index contributed by atoms with van der Waals surface area (Å²) in [7, 11) is -3.59. The molecule has 1 heterocycles. The summed E-state index contributed by atoms with van der Waals surface area (Å²) in [5.74, 6) is 0.671. The molecule has 1 aliphatic heterocycles. The Hall–Kier alpha value is -2.05. The summed E-state index contributed by atoms with van der Waals surface area (Å²) in [5.41, 5.74) is 1.73. The number of anilines is 1. The Balaban J connectivity index is 1.99. The zero-order valence-electron chi connectivity index (χ0n) is 13.0. The van der Waals surface area contributed by atoms with Crippen molar-refractivity contribution in [3.8, 4) is 5.75 Å². The molecule has 0 atom stereocenters. The van der Waals surface area contributed by atoms with E-state index in [1.165, 1.54) is 4.31 Å². The second kappa shape index (κ2) is 6.60. The van der Waals surface area contributed by atoms with Crippen molar-refractivity contribution >= 4 is 15.7 Å². The van der Waals surface area contributed by atoms with Gasteiger partial charge in [0.05, 0.1) is 17.2 Å². The highest BCUT2D eigenvalue weighted by Crippen LogP contribution is 2.28. The van der Waals surface area contributed by atoms with Crippen molar-refractivity contribution in [2.75, 3.05) is 24.0 Å². The molecule has 3 rings (SSSR count). The van der Waals surface area contributed by atoms with E-state index in [0.29, 0.717) is 32.0 Å². The third kappa shape index (κ3) is 3.18. The molecule has 0 aliphatic carbocycles. The first-order valence-electron chi connectivity index (χ1n) is 7.67. The number of hydrogen-bond donors (Lipinski definition) is 1. The number of para-hydroxylation sites is 1. The lowest BCUT2D eigenvalue weighted by molar-refractivity contribution is 0.340. The normalized spacial score (nSPS) is 14.9. The van der Waals surface area contributed by atoms with Gasteiger partial charge in [0.1, 0.15) is 5.75 Å². The maximum absolute atomic E-state index is 13.0. The highest BCUT2D eigenvalue weighted by Gasteiger charge is 2.27. The minimum absolute atomic E-state index is 0.276. The molecule has 2 aromatic carbocycles. The Bertz CT molecular complexity index is 773. The van der Waals surface area contributed by atoms with Gasteiger partial charge in [0.15, 0.2) is 0 Å². The first-order chi connectivity index (χ1) is 11.1. The molecule has 5 nitrogen and oxygen atoms in total. The molecule has 0 unspecified atom stereocenters. The van der Waals surface area contributed by atoms with Crippen LogP contribution in [0.2, 0.25) is 0 Å². The van der Waals surface area contributed by atoms with E-state index in [4.69, 9.17) is 4.74 Å². The number of benzene rings is 2. The van der Waals surface area contributed by atoms with E-state index in [2.05, 4.69) is 5.32 Å². The number of nitrogens with zero attached hydrogens (tertiary/aromatic N) is 1. The average molecular weight is 332 g/mol. The molecule has 6 heteroatoms. The van der Waals surface area contributed by atoms with Crippen molar-refractivity contribution < 1.29 is 13.2 Å². The number of hydrogen-bond acceptors (Lipinski definition) is 4. The lowest BCUT2D eigenvalue weighted by atomic mass is 10.2. The van der Waals surface area contributed by atoms with Gasteiger partial charge in [-0.15, -0.1) is 0 Å². The van der Waals surface area contributed by atoms with Gasteiger partial charge in [-0.1, -0.05) is 18.2 Å². The third-order valence-corrected chi connectivity index (χ3v) is 5.62. The van der Waals surface area contributed by atoms with E-state index < -0.39 is 10.0 Å². The van der Waals surface area contributed by atoms with Gasteiger partial charge < -0.3 is 10.1 Å². The molecule has 0 amide bonds. The Morgan fingerprint density at radius 2 is 1.87 bits per heavy atom. The van der Waals surface area contributed by atoms with E-state index in [0.717, 1.165) is 11.3 Å².